The molecule has 0 saturated heterocycles. The number of aliphatic hydroxyl groups excluding tert-OH is 1. The lowest BCUT2D eigenvalue weighted by molar-refractivity contribution is 0.0635. The topological polar surface area (TPSA) is 58.6 Å². The Morgan fingerprint density at radius 2 is 2.00 bits per heavy atom. The molecule has 1 atom stereocenters. The molecule has 0 fully saturated rings. The Morgan fingerprint density at radius 3 is 2.56 bits per heavy atom. The monoisotopic (exact) mass is 251 g/mol. The Kier molecular flexibility index (Phi) is 4.73. The first kappa shape index (κ1) is 14.5. The molecule has 0 saturated carbocycles. The third-order valence-corrected chi connectivity index (χ3v) is 2.40. The number of benzene rings is 1. The first-order valence-corrected chi connectivity index (χ1v) is 6.03. The van der Waals surface area contributed by atoms with Crippen LogP contribution in [0.3, 0.4) is 0 Å². The number of rotatable bonds is 3. The second-order valence-electron chi connectivity index (χ2n) is 5.30. The summed E-state index contributed by atoms with van der Waals surface area (Å²) in [5.41, 5.74) is 1.04. The lowest BCUT2D eigenvalue weighted by Crippen LogP contribution is -2.27. The molecule has 0 radical (unpaired) electrons. The van der Waals surface area contributed by atoms with Gasteiger partial charge in [-0.25, -0.2) is 4.79 Å². The molecule has 1 aromatic rings. The average Bonchev–Trinajstić information content (AvgIpc) is 2.26. The van der Waals surface area contributed by atoms with Gasteiger partial charge in [-0.05, 0) is 32.4 Å². The van der Waals surface area contributed by atoms with Crippen LogP contribution < -0.4 is 5.32 Å². The van der Waals surface area contributed by atoms with Crippen molar-refractivity contribution in [2.45, 2.75) is 39.2 Å². The van der Waals surface area contributed by atoms with Crippen molar-refractivity contribution in [1.29, 1.82) is 0 Å². The van der Waals surface area contributed by atoms with E-state index in [1.165, 1.54) is 0 Å². The van der Waals surface area contributed by atoms with Crippen LogP contribution in [0.5, 0.6) is 0 Å². The van der Waals surface area contributed by atoms with Gasteiger partial charge >= 0.3 is 6.09 Å². The molecule has 0 spiro atoms. The molecule has 1 rings (SSSR count). The van der Waals surface area contributed by atoms with Crippen LogP contribution in [0.15, 0.2) is 24.3 Å². The molecule has 1 amide bonds. The van der Waals surface area contributed by atoms with Crippen molar-refractivity contribution in [1.82, 2.24) is 0 Å². The summed E-state index contributed by atoms with van der Waals surface area (Å²) in [7, 11) is 0. The lowest BCUT2D eigenvalue weighted by atomic mass is 10.0. The molecule has 4 nitrogen and oxygen atoms in total. The second-order valence-corrected chi connectivity index (χ2v) is 5.30. The van der Waals surface area contributed by atoms with Gasteiger partial charge in [0.15, 0.2) is 0 Å². The zero-order valence-corrected chi connectivity index (χ0v) is 11.4. The predicted octanol–water partition coefficient (Wildman–Crippen LogP) is 3.13. The normalized spacial score (nSPS) is 12.9. The standard InChI is InChI=1S/C14H21NO3/c1-10(9-16)11-7-5-6-8-12(11)15-13(17)18-14(2,3)4/h5-8,10,16H,9H2,1-4H3,(H,15,17)/t10-/m1/s1. The Balaban J connectivity index is 2.81. The SMILES string of the molecule is C[C@H](CO)c1ccccc1NC(=O)OC(C)(C)C. The Hall–Kier alpha value is -1.55. The summed E-state index contributed by atoms with van der Waals surface area (Å²) >= 11 is 0. The van der Waals surface area contributed by atoms with E-state index in [4.69, 9.17) is 4.74 Å². The summed E-state index contributed by atoms with van der Waals surface area (Å²) in [5.74, 6) is -0.0314. The van der Waals surface area contributed by atoms with E-state index in [0.29, 0.717) is 5.69 Å². The van der Waals surface area contributed by atoms with Gasteiger partial charge in [0.2, 0.25) is 0 Å². The molecule has 0 aliphatic heterocycles. The first-order valence-electron chi connectivity index (χ1n) is 6.03. The molecule has 0 aromatic heterocycles. The highest BCUT2D eigenvalue weighted by molar-refractivity contribution is 5.86. The van der Waals surface area contributed by atoms with Crippen molar-refractivity contribution < 1.29 is 14.6 Å². The molecule has 0 aliphatic rings. The van der Waals surface area contributed by atoms with Gasteiger partial charge in [-0.2, -0.15) is 0 Å². The van der Waals surface area contributed by atoms with Crippen molar-refractivity contribution in [3.05, 3.63) is 29.8 Å². The molecule has 100 valence electrons. The maximum Gasteiger partial charge on any atom is 0.412 e. The van der Waals surface area contributed by atoms with Crippen LogP contribution in [0.4, 0.5) is 10.5 Å². The molecule has 1 aromatic carbocycles. The van der Waals surface area contributed by atoms with Gasteiger partial charge in [-0.15, -0.1) is 0 Å². The molecule has 0 unspecified atom stereocenters. The molecule has 18 heavy (non-hydrogen) atoms. The minimum atomic E-state index is -0.526. The van der Waals surface area contributed by atoms with Gasteiger partial charge in [-0.1, -0.05) is 25.1 Å². The van der Waals surface area contributed by atoms with Crippen molar-refractivity contribution in [3.8, 4) is 0 Å². The minimum absolute atomic E-state index is 0.0314. The number of carbonyl (C=O) groups is 1. The zero-order chi connectivity index (χ0) is 13.8. The molecular formula is C14H21NO3. The molecule has 0 bridgehead atoms. The number of amides is 1. The number of ether oxygens (including phenoxy) is 1. The Labute approximate surface area is 108 Å². The van der Waals surface area contributed by atoms with Crippen LogP contribution >= 0.6 is 0 Å². The predicted molar refractivity (Wildman–Crippen MR) is 71.8 cm³/mol. The zero-order valence-electron chi connectivity index (χ0n) is 11.4. The third-order valence-electron chi connectivity index (χ3n) is 2.40. The highest BCUT2D eigenvalue weighted by Gasteiger charge is 2.18. The molecule has 4 heteroatoms. The highest BCUT2D eigenvalue weighted by Crippen LogP contribution is 2.24. The fraction of sp³-hybridized carbons (Fsp3) is 0.500. The smallest absolute Gasteiger partial charge is 0.412 e. The maximum atomic E-state index is 11.7. The van der Waals surface area contributed by atoms with Crippen LogP contribution in [-0.2, 0) is 4.74 Å². The van der Waals surface area contributed by atoms with Crippen LogP contribution in [-0.4, -0.2) is 23.4 Å². The third kappa shape index (κ3) is 4.37. The quantitative estimate of drug-likeness (QED) is 0.867. The number of anilines is 1. The van der Waals surface area contributed by atoms with Gasteiger partial charge in [0.25, 0.3) is 0 Å². The van der Waals surface area contributed by atoms with E-state index in [9.17, 15) is 9.90 Å². The summed E-state index contributed by atoms with van der Waals surface area (Å²) in [6.07, 6.45) is -0.486. The van der Waals surface area contributed by atoms with Gasteiger partial charge in [0.05, 0.1) is 0 Å². The average molecular weight is 251 g/mol. The summed E-state index contributed by atoms with van der Waals surface area (Å²) < 4.78 is 5.20. The van der Waals surface area contributed by atoms with Crippen molar-refractivity contribution >= 4 is 11.8 Å². The van der Waals surface area contributed by atoms with E-state index in [-0.39, 0.29) is 12.5 Å². The molecule has 2 N–H and O–H groups in total. The maximum absolute atomic E-state index is 11.7. The number of para-hydroxylation sites is 1. The summed E-state index contributed by atoms with van der Waals surface area (Å²) in [4.78, 5) is 11.7. The van der Waals surface area contributed by atoms with Crippen LogP contribution in [0.2, 0.25) is 0 Å². The number of aliphatic hydroxyl groups is 1. The van der Waals surface area contributed by atoms with Gasteiger partial charge < -0.3 is 9.84 Å². The summed E-state index contributed by atoms with van der Waals surface area (Å²) in [6.45, 7) is 7.38. The van der Waals surface area contributed by atoms with Gasteiger partial charge in [0.1, 0.15) is 5.60 Å². The number of nitrogens with one attached hydrogen (secondary N) is 1. The number of hydrogen-bond acceptors (Lipinski definition) is 3. The van der Waals surface area contributed by atoms with Crippen LogP contribution in [0.25, 0.3) is 0 Å². The highest BCUT2D eigenvalue weighted by atomic mass is 16.6. The van der Waals surface area contributed by atoms with Crippen LogP contribution in [0.1, 0.15) is 39.2 Å². The number of hydrogen-bond donors (Lipinski definition) is 2. The van der Waals surface area contributed by atoms with Gasteiger partial charge in [-0.3, -0.25) is 5.32 Å². The largest absolute Gasteiger partial charge is 0.444 e. The fourth-order valence-corrected chi connectivity index (χ4v) is 1.55. The van der Waals surface area contributed by atoms with E-state index in [1.807, 2.05) is 45.9 Å². The minimum Gasteiger partial charge on any atom is -0.444 e. The first-order chi connectivity index (χ1) is 8.33. The fourth-order valence-electron chi connectivity index (χ4n) is 1.55. The molecule has 0 heterocycles. The second kappa shape index (κ2) is 5.87. The van der Waals surface area contributed by atoms with Crippen molar-refractivity contribution in [2.24, 2.45) is 0 Å². The van der Waals surface area contributed by atoms with E-state index in [1.54, 1.807) is 6.07 Å². The van der Waals surface area contributed by atoms with Crippen LogP contribution in [0, 0.1) is 0 Å². The van der Waals surface area contributed by atoms with E-state index in [2.05, 4.69) is 5.32 Å². The van der Waals surface area contributed by atoms with Gasteiger partial charge in [0, 0.05) is 18.2 Å². The summed E-state index contributed by atoms with van der Waals surface area (Å²) in [6, 6.07) is 7.39. The summed E-state index contributed by atoms with van der Waals surface area (Å²) in [5, 5.41) is 11.9. The Morgan fingerprint density at radius 1 is 1.39 bits per heavy atom. The lowest BCUT2D eigenvalue weighted by Gasteiger charge is -2.21. The van der Waals surface area contributed by atoms with E-state index in [0.717, 1.165) is 5.56 Å². The van der Waals surface area contributed by atoms with Crippen molar-refractivity contribution in [3.63, 3.8) is 0 Å². The number of carbonyl (C=O) groups excluding carboxylic acids is 1. The van der Waals surface area contributed by atoms with Crippen molar-refractivity contribution in [2.75, 3.05) is 11.9 Å². The van der Waals surface area contributed by atoms with E-state index >= 15 is 0 Å². The Bertz CT molecular complexity index is 410. The molecular weight excluding hydrogens is 230 g/mol. The van der Waals surface area contributed by atoms with E-state index < -0.39 is 11.7 Å². The molecule has 0 aliphatic carbocycles.